The van der Waals surface area contributed by atoms with E-state index in [2.05, 4.69) is 31.2 Å². The Morgan fingerprint density at radius 3 is 2.40 bits per heavy atom. The van der Waals surface area contributed by atoms with Crippen LogP contribution >= 0.6 is 0 Å². The molecule has 3 aromatic carbocycles. The Morgan fingerprint density at radius 2 is 1.67 bits per heavy atom. The number of aryl methyl sites for hydroxylation is 2. The van der Waals surface area contributed by atoms with E-state index in [1.165, 1.54) is 12.4 Å². The van der Waals surface area contributed by atoms with Crippen LogP contribution in [0.2, 0.25) is 0 Å². The fourth-order valence-electron chi connectivity index (χ4n) is 5.22. The van der Waals surface area contributed by atoms with E-state index < -0.39 is 27.0 Å². The molecule has 0 saturated carbocycles. The zero-order valence-corrected chi connectivity index (χ0v) is 25.2. The average Bonchev–Trinajstić information content (AvgIpc) is 2.95. The van der Waals surface area contributed by atoms with Crippen molar-refractivity contribution in [3.8, 4) is 0 Å². The molecule has 224 valence electrons. The second kappa shape index (κ2) is 12.0. The van der Waals surface area contributed by atoms with Gasteiger partial charge in [-0.15, -0.1) is 0 Å². The second-order valence-corrected chi connectivity index (χ2v) is 13.4. The molecule has 12 heteroatoms. The van der Waals surface area contributed by atoms with Crippen molar-refractivity contribution in [2.24, 2.45) is 0 Å². The number of rotatable bonds is 4. The van der Waals surface area contributed by atoms with Gasteiger partial charge in [-0.2, -0.15) is 0 Å². The van der Waals surface area contributed by atoms with Gasteiger partial charge in [0.25, 0.3) is 5.56 Å². The summed E-state index contributed by atoms with van der Waals surface area (Å²) in [5, 5.41) is 11.9. The number of sulfone groups is 1. The predicted molar refractivity (Wildman–Crippen MR) is 166 cm³/mol. The highest BCUT2D eigenvalue weighted by Crippen LogP contribution is 2.28. The fourth-order valence-corrected chi connectivity index (χ4v) is 6.48. The smallest absolute Gasteiger partial charge is 0.258 e. The van der Waals surface area contributed by atoms with Crippen molar-refractivity contribution in [2.45, 2.75) is 57.0 Å². The summed E-state index contributed by atoms with van der Waals surface area (Å²) < 4.78 is 26.4. The Kier molecular flexibility index (Phi) is 8.34. The molecule has 4 bridgehead atoms. The second-order valence-electron chi connectivity index (χ2n) is 11.0. The van der Waals surface area contributed by atoms with Gasteiger partial charge in [-0.05, 0) is 91.9 Å². The number of H-pyrrole nitrogens is 1. The predicted octanol–water partition coefficient (Wildman–Crippen LogP) is 3.23. The molecule has 5 N–H and O–H groups in total. The minimum absolute atomic E-state index is 0.0544. The van der Waals surface area contributed by atoms with Crippen LogP contribution in [0.1, 0.15) is 47.7 Å². The lowest BCUT2D eigenvalue weighted by molar-refractivity contribution is -0.122. The first kappa shape index (κ1) is 29.9. The highest BCUT2D eigenvalue weighted by molar-refractivity contribution is 7.92. The molecular formula is C31H34N6O5S. The number of nitrogens with zero attached hydrogens (tertiary/aromatic N) is 1. The number of amides is 2. The van der Waals surface area contributed by atoms with Gasteiger partial charge < -0.3 is 26.3 Å². The van der Waals surface area contributed by atoms with Gasteiger partial charge >= 0.3 is 0 Å². The summed E-state index contributed by atoms with van der Waals surface area (Å²) in [4.78, 5) is 45.9. The topological polar surface area (TPSA) is 162 Å². The SMILES string of the molecule is Cc1cc2cc(C)c1CNCC(=O)Nc1ccc(S(=O)(=O)C(C)C)c(c1)CNC(=O)C2Nc1ccc2nc[nH]c(=O)c2c1. The van der Waals surface area contributed by atoms with Gasteiger partial charge in [0.15, 0.2) is 9.84 Å². The summed E-state index contributed by atoms with van der Waals surface area (Å²) in [6.45, 7) is 7.47. The Balaban J connectivity index is 1.58. The summed E-state index contributed by atoms with van der Waals surface area (Å²) in [5.74, 6) is -0.679. The summed E-state index contributed by atoms with van der Waals surface area (Å²) >= 11 is 0. The molecule has 0 fully saturated rings. The standard InChI is InChI=1S/C31H34N6O5S/c1-17(2)43(41,42)27-8-6-22-11-21(27)13-33-31(40)29(37-23-5-7-26-24(12-23)30(39)35-16-34-26)20-9-18(3)25(19(4)10-20)14-32-15-28(38)36-22/h5-12,16-17,29,32,37H,13-15H2,1-4H3,(H,33,40)(H,36,38)(H,34,35,39). The number of carbonyl (C=O) groups is 2. The molecule has 0 aliphatic carbocycles. The molecule has 0 spiro atoms. The average molecular weight is 603 g/mol. The zero-order valence-electron chi connectivity index (χ0n) is 24.4. The molecule has 1 unspecified atom stereocenters. The first-order valence-electron chi connectivity index (χ1n) is 13.9. The van der Waals surface area contributed by atoms with E-state index in [1.807, 2.05) is 26.0 Å². The molecule has 1 atom stereocenters. The quantitative estimate of drug-likeness (QED) is 0.238. The summed E-state index contributed by atoms with van der Waals surface area (Å²) in [6.07, 6.45) is 1.34. The van der Waals surface area contributed by atoms with Crippen LogP contribution in [-0.2, 0) is 32.5 Å². The van der Waals surface area contributed by atoms with Crippen LogP contribution in [0.4, 0.5) is 11.4 Å². The largest absolute Gasteiger partial charge is 0.370 e. The molecule has 2 aliphatic rings. The van der Waals surface area contributed by atoms with E-state index in [-0.39, 0.29) is 29.5 Å². The van der Waals surface area contributed by atoms with Crippen LogP contribution < -0.4 is 26.8 Å². The third-order valence-corrected chi connectivity index (χ3v) is 9.83. The van der Waals surface area contributed by atoms with Crippen molar-refractivity contribution in [1.29, 1.82) is 0 Å². The molecule has 1 aromatic heterocycles. The molecule has 11 nitrogen and oxygen atoms in total. The molecule has 43 heavy (non-hydrogen) atoms. The van der Waals surface area contributed by atoms with Gasteiger partial charge in [-0.1, -0.05) is 12.1 Å². The summed E-state index contributed by atoms with van der Waals surface area (Å²) in [5.41, 5.74) is 5.09. The van der Waals surface area contributed by atoms with Gasteiger partial charge in [0, 0.05) is 24.5 Å². The molecule has 3 heterocycles. The molecule has 6 rings (SSSR count). The van der Waals surface area contributed by atoms with E-state index in [0.717, 1.165) is 16.7 Å². The van der Waals surface area contributed by atoms with Crippen LogP contribution in [0.15, 0.2) is 64.5 Å². The maximum absolute atomic E-state index is 13.9. The number of aromatic amines is 1. The normalized spacial score (nSPS) is 16.3. The third-order valence-electron chi connectivity index (χ3n) is 7.58. The lowest BCUT2D eigenvalue weighted by atomic mass is 9.95. The van der Waals surface area contributed by atoms with E-state index >= 15 is 0 Å². The molecule has 2 amide bonds. The van der Waals surface area contributed by atoms with Crippen LogP contribution in [0.5, 0.6) is 0 Å². The lowest BCUT2D eigenvalue weighted by Gasteiger charge is -2.23. The molecule has 0 saturated heterocycles. The van der Waals surface area contributed by atoms with Crippen LogP contribution in [-0.4, -0.2) is 42.0 Å². The molecule has 4 aromatic rings. The van der Waals surface area contributed by atoms with Crippen LogP contribution in [0.25, 0.3) is 10.9 Å². The van der Waals surface area contributed by atoms with Gasteiger partial charge in [0.2, 0.25) is 11.8 Å². The summed E-state index contributed by atoms with van der Waals surface area (Å²) in [7, 11) is -3.69. The minimum atomic E-state index is -3.69. The van der Waals surface area contributed by atoms with Crippen molar-refractivity contribution < 1.29 is 18.0 Å². The Hall–Kier alpha value is -4.55. The molecular weight excluding hydrogens is 568 g/mol. The van der Waals surface area contributed by atoms with Crippen molar-refractivity contribution in [1.82, 2.24) is 20.6 Å². The fraction of sp³-hybridized carbons (Fsp3) is 0.290. The van der Waals surface area contributed by atoms with Gasteiger partial charge in [-0.25, -0.2) is 13.4 Å². The minimum Gasteiger partial charge on any atom is -0.370 e. The van der Waals surface area contributed by atoms with Crippen LogP contribution in [0, 0.1) is 13.8 Å². The number of benzene rings is 3. The summed E-state index contributed by atoms with van der Waals surface area (Å²) in [6, 6.07) is 12.6. The molecule has 0 radical (unpaired) electrons. The van der Waals surface area contributed by atoms with Crippen molar-refractivity contribution in [2.75, 3.05) is 17.2 Å². The first-order valence-corrected chi connectivity index (χ1v) is 15.5. The van der Waals surface area contributed by atoms with E-state index in [1.54, 1.807) is 44.2 Å². The Bertz CT molecular complexity index is 1880. The number of nitrogens with one attached hydrogen (secondary N) is 5. The number of hydrogen-bond donors (Lipinski definition) is 5. The number of hydrogen-bond acceptors (Lipinski definition) is 8. The first-order chi connectivity index (χ1) is 20.4. The van der Waals surface area contributed by atoms with Gasteiger partial charge in [0.05, 0.1) is 33.9 Å². The molecule has 2 aliphatic heterocycles. The van der Waals surface area contributed by atoms with Crippen molar-refractivity contribution >= 4 is 43.9 Å². The zero-order chi connectivity index (χ0) is 30.9. The number of fused-ring (bicyclic) bond motifs is 10. The maximum atomic E-state index is 13.9. The Labute approximate surface area is 249 Å². The van der Waals surface area contributed by atoms with E-state index in [4.69, 9.17) is 0 Å². The highest BCUT2D eigenvalue weighted by atomic mass is 32.2. The van der Waals surface area contributed by atoms with E-state index in [9.17, 15) is 22.8 Å². The monoisotopic (exact) mass is 602 g/mol. The van der Waals surface area contributed by atoms with Crippen molar-refractivity contribution in [3.63, 3.8) is 0 Å². The van der Waals surface area contributed by atoms with Gasteiger partial charge in [0.1, 0.15) is 6.04 Å². The van der Waals surface area contributed by atoms with Crippen molar-refractivity contribution in [3.05, 3.63) is 93.0 Å². The number of anilines is 2. The highest BCUT2D eigenvalue weighted by Gasteiger charge is 2.26. The third kappa shape index (κ3) is 6.30. The lowest BCUT2D eigenvalue weighted by Crippen LogP contribution is -2.34. The number of aromatic nitrogens is 2. The van der Waals surface area contributed by atoms with Crippen LogP contribution in [0.3, 0.4) is 0 Å². The van der Waals surface area contributed by atoms with E-state index in [0.29, 0.717) is 39.9 Å². The number of carbonyl (C=O) groups excluding carboxylic acids is 2. The van der Waals surface area contributed by atoms with Gasteiger partial charge in [-0.3, -0.25) is 14.4 Å². The maximum Gasteiger partial charge on any atom is 0.258 e. The Morgan fingerprint density at radius 1 is 0.930 bits per heavy atom.